The van der Waals surface area contributed by atoms with Crippen molar-refractivity contribution in [2.24, 2.45) is 5.41 Å². The molecule has 1 fully saturated rings. The molecule has 0 heterocycles. The van der Waals surface area contributed by atoms with Crippen molar-refractivity contribution in [1.29, 1.82) is 0 Å². The number of alkyl halides is 1. The number of halogens is 3. The molecule has 0 saturated heterocycles. The van der Waals surface area contributed by atoms with Gasteiger partial charge in [0.1, 0.15) is 5.82 Å². The first-order valence-corrected chi connectivity index (χ1v) is 8.77. The lowest BCUT2D eigenvalue weighted by Gasteiger charge is -2.35. The smallest absolute Gasteiger partial charge is 0.251 e. The first-order chi connectivity index (χ1) is 9.56. The molecular weight excluding hydrogens is 389 g/mol. The van der Waals surface area contributed by atoms with E-state index in [1.807, 2.05) is 0 Å². The summed E-state index contributed by atoms with van der Waals surface area (Å²) in [5.74, 6) is -0.498. The van der Waals surface area contributed by atoms with Gasteiger partial charge in [-0.15, -0.1) is 0 Å². The van der Waals surface area contributed by atoms with Crippen LogP contribution in [0.15, 0.2) is 22.7 Å². The third-order valence-electron chi connectivity index (χ3n) is 4.00. The Morgan fingerprint density at radius 3 is 2.60 bits per heavy atom. The van der Waals surface area contributed by atoms with Crippen LogP contribution < -0.4 is 5.32 Å². The van der Waals surface area contributed by atoms with Crippen molar-refractivity contribution in [1.82, 2.24) is 5.32 Å². The van der Waals surface area contributed by atoms with Crippen molar-refractivity contribution in [3.05, 3.63) is 34.1 Å². The highest BCUT2D eigenvalue weighted by Gasteiger charge is 2.31. The predicted octanol–water partition coefficient (Wildman–Crippen LogP) is 4.66. The van der Waals surface area contributed by atoms with Crippen molar-refractivity contribution >= 4 is 37.8 Å². The lowest BCUT2D eigenvalue weighted by Crippen LogP contribution is -2.40. The fraction of sp³-hybridized carbons (Fsp3) is 0.533. The standard InChI is InChI=1S/C15H18Br2FNO/c16-9-15(6-2-1-3-7-15)10-19-14(20)11-4-5-13(18)12(17)8-11/h4-5,8H,1-3,6-7,9-10H2,(H,19,20). The van der Waals surface area contributed by atoms with E-state index >= 15 is 0 Å². The third kappa shape index (κ3) is 3.82. The van der Waals surface area contributed by atoms with Crippen LogP contribution >= 0.6 is 31.9 Å². The number of carbonyl (C=O) groups excluding carboxylic acids is 1. The van der Waals surface area contributed by atoms with Gasteiger partial charge in [0.05, 0.1) is 4.47 Å². The van der Waals surface area contributed by atoms with Crippen LogP contribution in [0.1, 0.15) is 42.5 Å². The summed E-state index contributed by atoms with van der Waals surface area (Å²) in [4.78, 5) is 12.1. The first-order valence-electron chi connectivity index (χ1n) is 6.86. The number of hydrogen-bond donors (Lipinski definition) is 1. The molecule has 0 spiro atoms. The van der Waals surface area contributed by atoms with Crippen LogP contribution in [-0.4, -0.2) is 17.8 Å². The van der Waals surface area contributed by atoms with Gasteiger partial charge >= 0.3 is 0 Å². The van der Waals surface area contributed by atoms with Gasteiger partial charge in [-0.1, -0.05) is 35.2 Å². The first kappa shape index (κ1) is 16.0. The molecule has 1 aliphatic carbocycles. The highest BCUT2D eigenvalue weighted by Crippen LogP contribution is 2.37. The molecule has 0 bridgehead atoms. The van der Waals surface area contributed by atoms with Gasteiger partial charge in [0.25, 0.3) is 5.91 Å². The van der Waals surface area contributed by atoms with Crippen LogP contribution in [0.25, 0.3) is 0 Å². The monoisotopic (exact) mass is 405 g/mol. The SMILES string of the molecule is O=C(NCC1(CBr)CCCCC1)c1ccc(F)c(Br)c1. The summed E-state index contributed by atoms with van der Waals surface area (Å²) in [6.45, 7) is 0.673. The lowest BCUT2D eigenvalue weighted by atomic mass is 9.75. The van der Waals surface area contributed by atoms with Gasteiger partial charge < -0.3 is 5.32 Å². The van der Waals surface area contributed by atoms with E-state index in [4.69, 9.17) is 0 Å². The van der Waals surface area contributed by atoms with Gasteiger partial charge in [-0.25, -0.2) is 4.39 Å². The molecule has 110 valence electrons. The van der Waals surface area contributed by atoms with E-state index in [-0.39, 0.29) is 17.1 Å². The molecule has 1 amide bonds. The summed E-state index contributed by atoms with van der Waals surface area (Å²) in [7, 11) is 0. The van der Waals surface area contributed by atoms with Gasteiger partial charge in [0.15, 0.2) is 0 Å². The largest absolute Gasteiger partial charge is 0.351 e. The minimum atomic E-state index is -0.356. The van der Waals surface area contributed by atoms with E-state index in [9.17, 15) is 9.18 Å². The summed E-state index contributed by atoms with van der Waals surface area (Å²) in [5, 5.41) is 3.90. The Bertz CT molecular complexity index is 487. The molecule has 20 heavy (non-hydrogen) atoms. The Kier molecular flexibility index (Phi) is 5.61. The molecular formula is C15H18Br2FNO. The van der Waals surface area contributed by atoms with Gasteiger partial charge in [0.2, 0.25) is 0 Å². The Labute approximate surface area is 135 Å². The Hall–Kier alpha value is -0.420. The molecule has 1 saturated carbocycles. The van der Waals surface area contributed by atoms with Crippen LogP contribution in [0.4, 0.5) is 4.39 Å². The zero-order valence-corrected chi connectivity index (χ0v) is 14.4. The Morgan fingerprint density at radius 2 is 2.00 bits per heavy atom. The summed E-state index contributed by atoms with van der Waals surface area (Å²) < 4.78 is 13.5. The van der Waals surface area contributed by atoms with Crippen molar-refractivity contribution < 1.29 is 9.18 Å². The van der Waals surface area contributed by atoms with Crippen molar-refractivity contribution in [3.8, 4) is 0 Å². The summed E-state index contributed by atoms with van der Waals surface area (Å²) >= 11 is 6.69. The second-order valence-electron chi connectivity index (χ2n) is 5.51. The molecule has 1 aromatic rings. The van der Waals surface area contributed by atoms with Crippen LogP contribution in [0.2, 0.25) is 0 Å². The van der Waals surface area contributed by atoms with Crippen molar-refractivity contribution in [3.63, 3.8) is 0 Å². The number of rotatable bonds is 4. The highest BCUT2D eigenvalue weighted by molar-refractivity contribution is 9.10. The topological polar surface area (TPSA) is 29.1 Å². The average Bonchev–Trinajstić information content (AvgIpc) is 2.48. The Balaban J connectivity index is 1.98. The van der Waals surface area contributed by atoms with E-state index in [2.05, 4.69) is 37.2 Å². The van der Waals surface area contributed by atoms with E-state index in [0.29, 0.717) is 16.6 Å². The molecule has 1 aliphatic rings. The number of carbonyl (C=O) groups is 1. The quantitative estimate of drug-likeness (QED) is 0.723. The Morgan fingerprint density at radius 1 is 1.30 bits per heavy atom. The lowest BCUT2D eigenvalue weighted by molar-refractivity contribution is 0.0922. The minimum Gasteiger partial charge on any atom is -0.351 e. The van der Waals surface area contributed by atoms with Crippen LogP contribution in [-0.2, 0) is 0 Å². The molecule has 5 heteroatoms. The summed E-state index contributed by atoms with van der Waals surface area (Å²) in [6.07, 6.45) is 6.03. The number of benzene rings is 1. The summed E-state index contributed by atoms with van der Waals surface area (Å²) in [6, 6.07) is 4.34. The summed E-state index contributed by atoms with van der Waals surface area (Å²) in [5.41, 5.74) is 0.657. The highest BCUT2D eigenvalue weighted by atomic mass is 79.9. The molecule has 0 radical (unpaired) electrons. The van der Waals surface area contributed by atoms with E-state index in [1.54, 1.807) is 0 Å². The van der Waals surface area contributed by atoms with Crippen molar-refractivity contribution in [2.75, 3.05) is 11.9 Å². The van der Waals surface area contributed by atoms with Crippen LogP contribution in [0.3, 0.4) is 0 Å². The molecule has 0 unspecified atom stereocenters. The number of hydrogen-bond acceptors (Lipinski definition) is 1. The predicted molar refractivity (Wildman–Crippen MR) is 85.7 cm³/mol. The maximum atomic E-state index is 13.2. The van der Waals surface area contributed by atoms with E-state index in [1.165, 1.54) is 37.5 Å². The van der Waals surface area contributed by atoms with Crippen LogP contribution in [0.5, 0.6) is 0 Å². The molecule has 0 atom stereocenters. The van der Waals surface area contributed by atoms with Gasteiger partial charge in [-0.3, -0.25) is 4.79 Å². The maximum absolute atomic E-state index is 13.2. The zero-order chi connectivity index (χ0) is 14.6. The maximum Gasteiger partial charge on any atom is 0.251 e. The average molecular weight is 407 g/mol. The van der Waals surface area contributed by atoms with Gasteiger partial charge in [-0.2, -0.15) is 0 Å². The fourth-order valence-electron chi connectivity index (χ4n) is 2.67. The fourth-order valence-corrected chi connectivity index (χ4v) is 3.80. The van der Waals surface area contributed by atoms with E-state index in [0.717, 1.165) is 18.2 Å². The second-order valence-corrected chi connectivity index (χ2v) is 6.92. The molecule has 0 aliphatic heterocycles. The molecule has 1 N–H and O–H groups in total. The third-order valence-corrected chi connectivity index (χ3v) is 5.80. The van der Waals surface area contributed by atoms with Gasteiger partial charge in [-0.05, 0) is 52.4 Å². The number of amides is 1. The normalized spacial score (nSPS) is 17.8. The molecule has 1 aromatic carbocycles. The molecule has 0 aromatic heterocycles. The molecule has 2 nitrogen and oxygen atoms in total. The van der Waals surface area contributed by atoms with Crippen molar-refractivity contribution in [2.45, 2.75) is 32.1 Å². The van der Waals surface area contributed by atoms with Crippen LogP contribution in [0, 0.1) is 11.2 Å². The molecule has 2 rings (SSSR count). The zero-order valence-electron chi connectivity index (χ0n) is 11.2. The number of nitrogens with one attached hydrogen (secondary N) is 1. The van der Waals surface area contributed by atoms with E-state index < -0.39 is 0 Å². The minimum absolute atomic E-state index is 0.142. The van der Waals surface area contributed by atoms with Gasteiger partial charge in [0, 0.05) is 17.4 Å². The second kappa shape index (κ2) is 7.03.